The van der Waals surface area contributed by atoms with Gasteiger partial charge in [0.1, 0.15) is 23.7 Å². The van der Waals surface area contributed by atoms with Crippen molar-refractivity contribution in [2.75, 3.05) is 14.1 Å². The normalized spacial score (nSPS) is 11.2. The average molecular weight is 304 g/mol. The standard InChI is InChI=1S/C21H22NO/c1-22(2,19-11-5-3-6-12-19)17-18-10-9-15-21(16-18)23-20-13-7-4-8-14-20/h3-16H,17H2,1-2H3/q+1. The Balaban J connectivity index is 1.77. The van der Waals surface area contributed by atoms with Crippen LogP contribution in [0.5, 0.6) is 11.5 Å². The minimum absolute atomic E-state index is 0.801. The molecule has 0 saturated carbocycles. The highest BCUT2D eigenvalue weighted by molar-refractivity contribution is 5.42. The van der Waals surface area contributed by atoms with Crippen molar-refractivity contribution in [2.45, 2.75) is 6.54 Å². The average Bonchev–Trinajstić information content (AvgIpc) is 2.56. The third-order valence-electron chi connectivity index (χ3n) is 3.91. The Kier molecular flexibility index (Phi) is 4.45. The lowest BCUT2D eigenvalue weighted by Gasteiger charge is -2.29. The third-order valence-corrected chi connectivity index (χ3v) is 3.91. The molecule has 2 nitrogen and oxygen atoms in total. The summed E-state index contributed by atoms with van der Waals surface area (Å²) in [5, 5.41) is 0. The van der Waals surface area contributed by atoms with Crippen LogP contribution in [0, 0.1) is 0 Å². The first-order valence-corrected chi connectivity index (χ1v) is 7.84. The highest BCUT2D eigenvalue weighted by Crippen LogP contribution is 2.25. The molecular weight excluding hydrogens is 282 g/mol. The van der Waals surface area contributed by atoms with E-state index in [9.17, 15) is 0 Å². The van der Waals surface area contributed by atoms with E-state index in [-0.39, 0.29) is 0 Å². The van der Waals surface area contributed by atoms with Gasteiger partial charge in [-0.15, -0.1) is 0 Å². The molecule has 0 bridgehead atoms. The third kappa shape index (κ3) is 3.99. The van der Waals surface area contributed by atoms with Gasteiger partial charge < -0.3 is 4.74 Å². The van der Waals surface area contributed by atoms with Crippen molar-refractivity contribution in [1.29, 1.82) is 0 Å². The molecular formula is C21H22NO+. The molecule has 3 aromatic rings. The summed E-state index contributed by atoms with van der Waals surface area (Å²) < 4.78 is 6.73. The smallest absolute Gasteiger partial charge is 0.132 e. The van der Waals surface area contributed by atoms with E-state index < -0.39 is 0 Å². The minimum Gasteiger partial charge on any atom is -0.457 e. The predicted molar refractivity (Wildman–Crippen MR) is 96.7 cm³/mol. The highest BCUT2D eigenvalue weighted by Gasteiger charge is 2.19. The molecule has 0 N–H and O–H groups in total. The lowest BCUT2D eigenvalue weighted by atomic mass is 10.1. The molecule has 0 aliphatic heterocycles. The van der Waals surface area contributed by atoms with Crippen LogP contribution in [0.25, 0.3) is 0 Å². The zero-order valence-electron chi connectivity index (χ0n) is 13.6. The zero-order valence-corrected chi connectivity index (χ0v) is 13.6. The van der Waals surface area contributed by atoms with Gasteiger partial charge in [-0.25, -0.2) is 0 Å². The largest absolute Gasteiger partial charge is 0.457 e. The molecule has 0 spiro atoms. The minimum atomic E-state index is 0.801. The summed E-state index contributed by atoms with van der Waals surface area (Å²) in [6.45, 7) is 0.913. The molecule has 0 unspecified atom stereocenters. The van der Waals surface area contributed by atoms with Crippen molar-refractivity contribution < 1.29 is 4.74 Å². The number of para-hydroxylation sites is 2. The molecule has 0 heterocycles. The van der Waals surface area contributed by atoms with Crippen molar-refractivity contribution in [3.63, 3.8) is 0 Å². The van der Waals surface area contributed by atoms with Crippen LogP contribution in [-0.2, 0) is 6.54 Å². The summed E-state index contributed by atoms with van der Waals surface area (Å²) >= 11 is 0. The second kappa shape index (κ2) is 6.67. The Morgan fingerprint density at radius 2 is 1.30 bits per heavy atom. The van der Waals surface area contributed by atoms with Gasteiger partial charge in [-0.3, -0.25) is 4.48 Å². The van der Waals surface area contributed by atoms with Crippen LogP contribution in [0.1, 0.15) is 5.56 Å². The van der Waals surface area contributed by atoms with E-state index >= 15 is 0 Å². The van der Waals surface area contributed by atoms with Crippen molar-refractivity contribution in [3.8, 4) is 11.5 Å². The van der Waals surface area contributed by atoms with E-state index in [4.69, 9.17) is 4.74 Å². The molecule has 0 aliphatic rings. The van der Waals surface area contributed by atoms with E-state index in [2.05, 4.69) is 62.6 Å². The van der Waals surface area contributed by atoms with Crippen LogP contribution in [0.3, 0.4) is 0 Å². The van der Waals surface area contributed by atoms with Crippen LogP contribution in [0.15, 0.2) is 84.9 Å². The molecule has 0 radical (unpaired) electrons. The fourth-order valence-corrected chi connectivity index (χ4v) is 2.71. The number of rotatable bonds is 5. The van der Waals surface area contributed by atoms with E-state index in [1.165, 1.54) is 11.3 Å². The Morgan fingerprint density at radius 3 is 2.00 bits per heavy atom. The maximum atomic E-state index is 5.93. The molecule has 0 atom stereocenters. The molecule has 0 amide bonds. The number of hydrogen-bond donors (Lipinski definition) is 0. The van der Waals surface area contributed by atoms with Crippen molar-refractivity contribution in [2.24, 2.45) is 0 Å². The zero-order chi connectivity index (χ0) is 16.1. The number of benzene rings is 3. The molecule has 116 valence electrons. The van der Waals surface area contributed by atoms with Gasteiger partial charge in [-0.2, -0.15) is 0 Å². The van der Waals surface area contributed by atoms with Crippen LogP contribution in [-0.4, -0.2) is 14.1 Å². The quantitative estimate of drug-likeness (QED) is 0.585. The van der Waals surface area contributed by atoms with E-state index in [1.807, 2.05) is 36.4 Å². The summed E-state index contributed by atoms with van der Waals surface area (Å²) in [6.07, 6.45) is 0. The van der Waals surface area contributed by atoms with Gasteiger partial charge in [-0.05, 0) is 36.4 Å². The summed E-state index contributed by atoms with van der Waals surface area (Å²) in [5.41, 5.74) is 2.55. The second-order valence-electron chi connectivity index (χ2n) is 6.24. The molecule has 3 aromatic carbocycles. The first-order valence-electron chi connectivity index (χ1n) is 7.84. The van der Waals surface area contributed by atoms with Crippen molar-refractivity contribution in [3.05, 3.63) is 90.5 Å². The second-order valence-corrected chi connectivity index (χ2v) is 6.24. The molecule has 23 heavy (non-hydrogen) atoms. The van der Waals surface area contributed by atoms with Crippen LogP contribution >= 0.6 is 0 Å². The van der Waals surface area contributed by atoms with Crippen LogP contribution in [0.2, 0.25) is 0 Å². The fraction of sp³-hybridized carbons (Fsp3) is 0.143. The maximum Gasteiger partial charge on any atom is 0.132 e. The van der Waals surface area contributed by atoms with Gasteiger partial charge in [0.05, 0.1) is 14.1 Å². The summed E-state index contributed by atoms with van der Waals surface area (Å²) in [4.78, 5) is 0. The topological polar surface area (TPSA) is 9.23 Å². The van der Waals surface area contributed by atoms with Gasteiger partial charge >= 0.3 is 0 Å². The van der Waals surface area contributed by atoms with Crippen LogP contribution in [0.4, 0.5) is 5.69 Å². The molecule has 0 fully saturated rings. The number of ether oxygens (including phenoxy) is 1. The first kappa shape index (κ1) is 15.3. The Labute approximate surface area is 138 Å². The van der Waals surface area contributed by atoms with E-state index in [0.29, 0.717) is 0 Å². The summed E-state index contributed by atoms with van der Waals surface area (Å²) in [6, 6.07) is 28.8. The predicted octanol–water partition coefficient (Wildman–Crippen LogP) is 5.25. The summed E-state index contributed by atoms with van der Waals surface area (Å²) in [5.74, 6) is 1.74. The Morgan fingerprint density at radius 1 is 0.696 bits per heavy atom. The molecule has 0 aliphatic carbocycles. The number of nitrogens with zero attached hydrogens (tertiary/aromatic N) is 1. The highest BCUT2D eigenvalue weighted by atomic mass is 16.5. The lowest BCUT2D eigenvalue weighted by molar-refractivity contribution is 0.390. The fourth-order valence-electron chi connectivity index (χ4n) is 2.71. The number of hydrogen-bond acceptors (Lipinski definition) is 1. The van der Waals surface area contributed by atoms with Crippen molar-refractivity contribution >= 4 is 5.69 Å². The Hall–Kier alpha value is -2.58. The van der Waals surface area contributed by atoms with Crippen LogP contribution < -0.4 is 9.22 Å². The maximum absolute atomic E-state index is 5.93. The van der Waals surface area contributed by atoms with Gasteiger partial charge in [-0.1, -0.05) is 48.5 Å². The monoisotopic (exact) mass is 304 g/mol. The first-order chi connectivity index (χ1) is 11.1. The van der Waals surface area contributed by atoms with Gasteiger partial charge in [0.15, 0.2) is 0 Å². The SMILES string of the molecule is C[N+](C)(Cc1cccc(Oc2ccccc2)c1)c1ccccc1. The summed E-state index contributed by atoms with van der Waals surface area (Å²) in [7, 11) is 4.44. The Bertz CT molecular complexity index is 751. The van der Waals surface area contributed by atoms with Gasteiger partial charge in [0.25, 0.3) is 0 Å². The number of quaternary nitrogens is 1. The molecule has 0 aromatic heterocycles. The van der Waals surface area contributed by atoms with E-state index in [0.717, 1.165) is 22.5 Å². The van der Waals surface area contributed by atoms with Gasteiger partial charge in [0, 0.05) is 5.56 Å². The lowest BCUT2D eigenvalue weighted by Crippen LogP contribution is -2.39. The van der Waals surface area contributed by atoms with Crippen molar-refractivity contribution in [1.82, 2.24) is 4.48 Å². The molecule has 0 saturated heterocycles. The molecule has 2 heteroatoms. The van der Waals surface area contributed by atoms with Gasteiger partial charge in [0.2, 0.25) is 0 Å². The molecule has 3 rings (SSSR count). The van der Waals surface area contributed by atoms with E-state index in [1.54, 1.807) is 0 Å².